The van der Waals surface area contributed by atoms with Crippen molar-refractivity contribution in [1.82, 2.24) is 9.78 Å². The third-order valence-corrected chi connectivity index (χ3v) is 6.39. The minimum Gasteiger partial charge on any atom is -0.468 e. The van der Waals surface area contributed by atoms with Crippen LogP contribution in [0.3, 0.4) is 0 Å². The zero-order valence-corrected chi connectivity index (χ0v) is 21.6. The molecule has 2 heterocycles. The average Bonchev–Trinajstić information content (AvgIpc) is 3.42. The third kappa shape index (κ3) is 6.33. The van der Waals surface area contributed by atoms with E-state index in [9.17, 15) is 14.4 Å². The summed E-state index contributed by atoms with van der Waals surface area (Å²) in [5.74, 6) is -1.50. The molecule has 3 rings (SSSR count). The topological polar surface area (TPSA) is 109 Å². The molecule has 0 spiro atoms. The lowest BCUT2D eigenvalue weighted by atomic mass is 10.1. The highest BCUT2D eigenvalue weighted by molar-refractivity contribution is 7.18. The van der Waals surface area contributed by atoms with Gasteiger partial charge in [0.1, 0.15) is 9.88 Å². The third-order valence-electron chi connectivity index (χ3n) is 4.61. The summed E-state index contributed by atoms with van der Waals surface area (Å²) in [7, 11) is 0. The number of amides is 1. The fraction of sp³-hybridized carbons (Fsp3) is 0.304. The number of para-hydroxylation sites is 1. The molecule has 12 heteroatoms. The van der Waals surface area contributed by atoms with Crippen LogP contribution in [-0.4, -0.2) is 40.8 Å². The first-order valence-electron chi connectivity index (χ1n) is 10.7. The Morgan fingerprint density at radius 3 is 2.46 bits per heavy atom. The van der Waals surface area contributed by atoms with Crippen LogP contribution in [0.25, 0.3) is 0 Å². The summed E-state index contributed by atoms with van der Waals surface area (Å²) < 4.78 is 17.3. The van der Waals surface area contributed by atoms with Gasteiger partial charge in [-0.1, -0.05) is 36.2 Å². The van der Waals surface area contributed by atoms with E-state index in [-0.39, 0.29) is 41.1 Å². The lowest BCUT2D eigenvalue weighted by molar-refractivity contribution is 0.0506. The van der Waals surface area contributed by atoms with Crippen molar-refractivity contribution in [1.29, 1.82) is 0 Å². The highest BCUT2D eigenvalue weighted by atomic mass is 35.5. The van der Waals surface area contributed by atoms with Gasteiger partial charge in [-0.05, 0) is 44.0 Å². The minimum atomic E-state index is -0.637. The molecular formula is C23H23Cl2N3O6S. The number of halogens is 2. The van der Waals surface area contributed by atoms with Gasteiger partial charge in [0.2, 0.25) is 0 Å². The van der Waals surface area contributed by atoms with Gasteiger partial charge in [0.25, 0.3) is 5.91 Å². The van der Waals surface area contributed by atoms with Crippen LogP contribution in [-0.2, 0) is 16.2 Å². The number of thiophene rings is 1. The second-order valence-electron chi connectivity index (χ2n) is 7.14. The van der Waals surface area contributed by atoms with Crippen molar-refractivity contribution in [3.8, 4) is 5.75 Å². The maximum Gasteiger partial charge on any atom is 0.348 e. The predicted molar refractivity (Wildman–Crippen MR) is 133 cm³/mol. The monoisotopic (exact) mass is 539 g/mol. The molecule has 0 saturated heterocycles. The van der Waals surface area contributed by atoms with E-state index in [4.69, 9.17) is 37.4 Å². The van der Waals surface area contributed by atoms with Crippen LogP contribution in [0.15, 0.2) is 30.5 Å². The summed E-state index contributed by atoms with van der Waals surface area (Å²) in [6.07, 6.45) is 2.17. The SMILES string of the molecule is CCCOC(=O)c1c(NC(=O)c2ccn(COc3c(Cl)cccc3Cl)n2)sc(C(=O)OCC)c1C. The van der Waals surface area contributed by atoms with Crippen LogP contribution in [0.2, 0.25) is 10.0 Å². The van der Waals surface area contributed by atoms with Gasteiger partial charge in [-0.15, -0.1) is 11.3 Å². The van der Waals surface area contributed by atoms with Crippen LogP contribution in [0.4, 0.5) is 5.00 Å². The van der Waals surface area contributed by atoms with Crippen LogP contribution in [0.1, 0.15) is 56.3 Å². The van der Waals surface area contributed by atoms with Gasteiger partial charge < -0.3 is 19.5 Å². The van der Waals surface area contributed by atoms with Crippen molar-refractivity contribution in [2.24, 2.45) is 0 Å². The minimum absolute atomic E-state index is 0.0452. The lowest BCUT2D eigenvalue weighted by Crippen LogP contribution is -2.16. The smallest absolute Gasteiger partial charge is 0.348 e. The second-order valence-corrected chi connectivity index (χ2v) is 8.97. The number of anilines is 1. The molecular weight excluding hydrogens is 517 g/mol. The molecule has 3 aromatic rings. The van der Waals surface area contributed by atoms with Crippen molar-refractivity contribution >= 4 is 57.4 Å². The summed E-state index contributed by atoms with van der Waals surface area (Å²) >= 11 is 13.1. The summed E-state index contributed by atoms with van der Waals surface area (Å²) in [5.41, 5.74) is 0.548. The summed E-state index contributed by atoms with van der Waals surface area (Å²) in [5, 5.41) is 7.71. The van der Waals surface area contributed by atoms with Gasteiger partial charge in [0.05, 0.1) is 28.8 Å². The Morgan fingerprint density at radius 2 is 1.80 bits per heavy atom. The number of nitrogens with zero attached hydrogens (tertiary/aromatic N) is 2. The number of benzene rings is 1. The van der Waals surface area contributed by atoms with Crippen molar-refractivity contribution in [2.75, 3.05) is 18.5 Å². The Morgan fingerprint density at radius 1 is 1.09 bits per heavy atom. The molecule has 1 amide bonds. The summed E-state index contributed by atoms with van der Waals surface area (Å²) in [6, 6.07) is 6.46. The molecule has 0 fully saturated rings. The first-order valence-corrected chi connectivity index (χ1v) is 12.2. The summed E-state index contributed by atoms with van der Waals surface area (Å²) in [4.78, 5) is 38.1. The van der Waals surface area contributed by atoms with E-state index in [1.165, 1.54) is 10.7 Å². The van der Waals surface area contributed by atoms with Crippen molar-refractivity contribution in [2.45, 2.75) is 33.9 Å². The molecule has 0 aliphatic heterocycles. The van der Waals surface area contributed by atoms with E-state index >= 15 is 0 Å². The van der Waals surface area contributed by atoms with E-state index in [2.05, 4.69) is 10.4 Å². The van der Waals surface area contributed by atoms with Gasteiger partial charge in [-0.2, -0.15) is 5.10 Å². The first-order chi connectivity index (χ1) is 16.8. The fourth-order valence-corrected chi connectivity index (χ4v) is 4.57. The van der Waals surface area contributed by atoms with Gasteiger partial charge >= 0.3 is 11.9 Å². The van der Waals surface area contributed by atoms with Crippen molar-refractivity contribution in [3.63, 3.8) is 0 Å². The number of carbonyl (C=O) groups excluding carboxylic acids is 3. The molecule has 9 nitrogen and oxygen atoms in total. The Kier molecular flexibility index (Phi) is 9.13. The molecule has 0 aliphatic rings. The quantitative estimate of drug-likeness (QED) is 0.334. The number of nitrogens with one attached hydrogen (secondary N) is 1. The van der Waals surface area contributed by atoms with Crippen molar-refractivity contribution in [3.05, 3.63) is 62.2 Å². The molecule has 0 bridgehead atoms. The molecule has 0 aliphatic carbocycles. The van der Waals surface area contributed by atoms with Gasteiger partial charge in [0, 0.05) is 6.20 Å². The number of ether oxygens (including phenoxy) is 3. The number of rotatable bonds is 10. The molecule has 1 N–H and O–H groups in total. The first kappa shape index (κ1) is 26.5. The molecule has 0 unspecified atom stereocenters. The van der Waals surface area contributed by atoms with E-state index in [0.717, 1.165) is 11.3 Å². The Hall–Kier alpha value is -3.08. The van der Waals surface area contributed by atoms with Crippen LogP contribution < -0.4 is 10.1 Å². The maximum absolute atomic E-state index is 12.9. The van der Waals surface area contributed by atoms with Gasteiger partial charge in [-0.25, -0.2) is 14.3 Å². The second kappa shape index (κ2) is 12.1. The molecule has 2 aromatic heterocycles. The molecule has 1 aromatic carbocycles. The summed E-state index contributed by atoms with van der Waals surface area (Å²) in [6.45, 7) is 5.48. The number of esters is 2. The van der Waals surface area contributed by atoms with Crippen LogP contribution in [0.5, 0.6) is 5.75 Å². The molecule has 0 atom stereocenters. The average molecular weight is 540 g/mol. The largest absolute Gasteiger partial charge is 0.468 e. The standard InChI is InChI=1S/C23H23Cl2N3O6S/c1-4-11-33-22(30)17-13(3)19(23(31)32-5-2)35-21(17)26-20(29)16-9-10-28(27-16)12-34-18-14(24)7-6-8-15(18)25/h6-10H,4-5,11-12H2,1-3H3,(H,26,29). The molecule has 0 radical (unpaired) electrons. The highest BCUT2D eigenvalue weighted by Gasteiger charge is 2.28. The molecule has 0 saturated carbocycles. The van der Waals surface area contributed by atoms with Gasteiger partial charge in [-0.3, -0.25) is 4.79 Å². The maximum atomic E-state index is 12.9. The molecule has 186 valence electrons. The highest BCUT2D eigenvalue weighted by Crippen LogP contribution is 2.35. The van der Waals surface area contributed by atoms with E-state index < -0.39 is 17.8 Å². The van der Waals surface area contributed by atoms with E-state index in [0.29, 0.717) is 27.8 Å². The predicted octanol–water partition coefficient (Wildman–Crippen LogP) is 5.59. The van der Waals surface area contributed by atoms with Crippen LogP contribution >= 0.6 is 34.5 Å². The van der Waals surface area contributed by atoms with Gasteiger partial charge in [0.15, 0.2) is 18.2 Å². The van der Waals surface area contributed by atoms with E-state index in [1.807, 2.05) is 6.92 Å². The Balaban J connectivity index is 1.79. The number of aromatic nitrogens is 2. The van der Waals surface area contributed by atoms with E-state index in [1.54, 1.807) is 38.2 Å². The normalized spacial score (nSPS) is 10.7. The zero-order valence-electron chi connectivity index (χ0n) is 19.2. The Bertz CT molecular complexity index is 1220. The fourth-order valence-electron chi connectivity index (χ4n) is 2.98. The lowest BCUT2D eigenvalue weighted by Gasteiger charge is -2.09. The Labute approximate surface area is 215 Å². The number of carbonyl (C=O) groups is 3. The number of hydrogen-bond donors (Lipinski definition) is 1. The molecule has 35 heavy (non-hydrogen) atoms. The number of hydrogen-bond acceptors (Lipinski definition) is 8. The zero-order chi connectivity index (χ0) is 25.5. The van der Waals surface area contributed by atoms with Crippen molar-refractivity contribution < 1.29 is 28.6 Å². The van der Waals surface area contributed by atoms with Crippen LogP contribution in [0, 0.1) is 6.92 Å².